The second kappa shape index (κ2) is 8.49. The van der Waals surface area contributed by atoms with Crippen LogP contribution < -0.4 is 4.72 Å². The molecule has 0 atom stereocenters. The highest BCUT2D eigenvalue weighted by Gasteiger charge is 2.21. The number of aromatic nitrogens is 1. The molecule has 0 aliphatic rings. The van der Waals surface area contributed by atoms with Crippen molar-refractivity contribution in [1.29, 1.82) is 0 Å². The van der Waals surface area contributed by atoms with Crippen molar-refractivity contribution >= 4 is 50.0 Å². The van der Waals surface area contributed by atoms with Crippen molar-refractivity contribution < 1.29 is 12.8 Å². The highest BCUT2D eigenvalue weighted by Crippen LogP contribution is 2.33. The van der Waals surface area contributed by atoms with Crippen LogP contribution in [0.4, 0.5) is 5.69 Å². The Hall–Kier alpha value is -2.48. The van der Waals surface area contributed by atoms with Gasteiger partial charge in [0.1, 0.15) is 5.58 Å². The summed E-state index contributed by atoms with van der Waals surface area (Å²) < 4.78 is 33.9. The fourth-order valence-corrected chi connectivity index (χ4v) is 5.04. The normalized spacial score (nSPS) is 11.6. The number of furan rings is 1. The van der Waals surface area contributed by atoms with E-state index in [2.05, 4.69) is 9.71 Å². The highest BCUT2D eigenvalue weighted by molar-refractivity contribution is 7.99. The van der Waals surface area contributed by atoms with Crippen LogP contribution in [0.5, 0.6) is 0 Å². The van der Waals surface area contributed by atoms with E-state index in [9.17, 15) is 8.42 Å². The molecule has 2 heterocycles. The smallest absolute Gasteiger partial charge is 0.295 e. The number of pyridine rings is 1. The minimum absolute atomic E-state index is 0.136. The van der Waals surface area contributed by atoms with Crippen molar-refractivity contribution in [2.45, 2.75) is 16.4 Å². The average molecular weight is 445 g/mol. The zero-order valence-electron chi connectivity index (χ0n) is 15.2. The molecule has 0 fully saturated rings. The van der Waals surface area contributed by atoms with Crippen LogP contribution in [0.1, 0.15) is 5.69 Å². The molecular formula is C21H17ClN2O3S2. The van der Waals surface area contributed by atoms with E-state index in [1.807, 2.05) is 30.3 Å². The molecule has 0 radical (unpaired) electrons. The van der Waals surface area contributed by atoms with Crippen LogP contribution in [0.25, 0.3) is 11.0 Å². The molecule has 4 aromatic rings. The standard InChI is InChI=1S/C21H17ClN2O3S2/c22-16-8-9-20(28-12-10-17-6-3-4-11-23-17)18(14-16)24-29(25,26)21-13-15-5-1-2-7-19(15)27-21/h1-9,11,13-14,24H,10,12H2. The Kier molecular flexibility index (Phi) is 5.80. The van der Waals surface area contributed by atoms with E-state index in [-0.39, 0.29) is 5.09 Å². The quantitative estimate of drug-likeness (QED) is 0.375. The molecule has 29 heavy (non-hydrogen) atoms. The number of para-hydroxylation sites is 1. The number of aryl methyl sites for hydroxylation is 1. The first-order valence-corrected chi connectivity index (χ1v) is 11.7. The van der Waals surface area contributed by atoms with Gasteiger partial charge in [-0.15, -0.1) is 11.8 Å². The maximum atomic E-state index is 12.9. The molecule has 0 saturated heterocycles. The van der Waals surface area contributed by atoms with Gasteiger partial charge in [0.25, 0.3) is 10.0 Å². The van der Waals surface area contributed by atoms with Crippen LogP contribution in [0.15, 0.2) is 87.3 Å². The third-order valence-electron chi connectivity index (χ3n) is 4.20. The summed E-state index contributed by atoms with van der Waals surface area (Å²) >= 11 is 7.64. The van der Waals surface area contributed by atoms with Crippen molar-refractivity contribution in [3.63, 3.8) is 0 Å². The summed E-state index contributed by atoms with van der Waals surface area (Å²) in [5, 5.41) is 1.04. The van der Waals surface area contributed by atoms with Gasteiger partial charge in [0.2, 0.25) is 5.09 Å². The number of benzene rings is 2. The zero-order chi connectivity index (χ0) is 20.3. The monoisotopic (exact) mass is 444 g/mol. The number of nitrogens with one attached hydrogen (secondary N) is 1. The maximum Gasteiger partial charge on any atom is 0.295 e. The third-order valence-corrected chi connectivity index (χ3v) is 6.73. The Morgan fingerprint density at radius 2 is 1.86 bits per heavy atom. The summed E-state index contributed by atoms with van der Waals surface area (Å²) in [7, 11) is -3.89. The molecule has 8 heteroatoms. The lowest BCUT2D eigenvalue weighted by molar-refractivity contribution is 0.484. The zero-order valence-corrected chi connectivity index (χ0v) is 17.6. The van der Waals surface area contributed by atoms with Crippen molar-refractivity contribution in [1.82, 2.24) is 4.98 Å². The topological polar surface area (TPSA) is 72.2 Å². The van der Waals surface area contributed by atoms with Gasteiger partial charge in [0.05, 0.1) is 5.69 Å². The average Bonchev–Trinajstić information content (AvgIpc) is 3.16. The summed E-state index contributed by atoms with van der Waals surface area (Å²) in [6.45, 7) is 0. The van der Waals surface area contributed by atoms with E-state index in [0.29, 0.717) is 16.3 Å². The van der Waals surface area contributed by atoms with Crippen LogP contribution in [-0.2, 0) is 16.4 Å². The third kappa shape index (κ3) is 4.75. The van der Waals surface area contributed by atoms with Crippen LogP contribution in [0.2, 0.25) is 5.02 Å². The number of nitrogens with zero attached hydrogens (tertiary/aromatic N) is 1. The molecule has 0 bridgehead atoms. The number of hydrogen-bond donors (Lipinski definition) is 1. The van der Waals surface area contributed by atoms with Gasteiger partial charge < -0.3 is 4.42 Å². The maximum absolute atomic E-state index is 12.9. The molecule has 148 valence electrons. The molecule has 0 unspecified atom stereocenters. The van der Waals surface area contributed by atoms with Crippen LogP contribution in [-0.4, -0.2) is 19.2 Å². The molecule has 0 spiro atoms. The van der Waals surface area contributed by atoms with Crippen molar-refractivity contribution in [2.75, 3.05) is 10.5 Å². The van der Waals surface area contributed by atoms with Crippen molar-refractivity contribution in [2.24, 2.45) is 0 Å². The van der Waals surface area contributed by atoms with E-state index < -0.39 is 10.0 Å². The minimum atomic E-state index is -3.89. The molecule has 2 aromatic heterocycles. The second-order valence-corrected chi connectivity index (χ2v) is 9.46. The summed E-state index contributed by atoms with van der Waals surface area (Å²) in [4.78, 5) is 5.09. The van der Waals surface area contributed by atoms with Gasteiger partial charge in [-0.25, -0.2) is 0 Å². The van der Waals surface area contributed by atoms with Gasteiger partial charge in [0.15, 0.2) is 0 Å². The molecule has 5 nitrogen and oxygen atoms in total. The molecule has 0 saturated carbocycles. The Morgan fingerprint density at radius 1 is 1.03 bits per heavy atom. The highest BCUT2D eigenvalue weighted by atomic mass is 35.5. The molecule has 0 amide bonds. The lowest BCUT2D eigenvalue weighted by Crippen LogP contribution is -2.12. The largest absolute Gasteiger partial charge is 0.443 e. The number of thioether (sulfide) groups is 1. The van der Waals surface area contributed by atoms with Gasteiger partial charge in [-0.2, -0.15) is 8.42 Å². The minimum Gasteiger partial charge on any atom is -0.443 e. The lowest BCUT2D eigenvalue weighted by atomic mass is 10.3. The first kappa shape index (κ1) is 19.8. The van der Waals surface area contributed by atoms with E-state index in [1.165, 1.54) is 17.8 Å². The molecule has 4 rings (SSSR count). The van der Waals surface area contributed by atoms with Crippen molar-refractivity contribution in [3.8, 4) is 0 Å². The van der Waals surface area contributed by atoms with Crippen LogP contribution >= 0.6 is 23.4 Å². The Bertz CT molecular complexity index is 1210. The first-order valence-electron chi connectivity index (χ1n) is 8.85. The number of fused-ring (bicyclic) bond motifs is 1. The summed E-state index contributed by atoms with van der Waals surface area (Å²) in [5.74, 6) is 0.748. The molecule has 1 N–H and O–H groups in total. The number of sulfonamides is 1. The predicted octanol–water partition coefficient (Wildman–Crippen LogP) is 5.62. The first-order chi connectivity index (χ1) is 14.0. The predicted molar refractivity (Wildman–Crippen MR) is 117 cm³/mol. The van der Waals surface area contributed by atoms with Crippen molar-refractivity contribution in [3.05, 3.63) is 83.6 Å². The van der Waals surface area contributed by atoms with Gasteiger partial charge >= 0.3 is 0 Å². The molecule has 0 aliphatic carbocycles. The fraction of sp³-hybridized carbons (Fsp3) is 0.0952. The number of rotatable bonds is 7. The van der Waals surface area contributed by atoms with E-state index >= 15 is 0 Å². The van der Waals surface area contributed by atoms with E-state index in [0.717, 1.165) is 28.1 Å². The Labute approximate surface area is 178 Å². The molecule has 0 aliphatic heterocycles. The van der Waals surface area contributed by atoms with Gasteiger partial charge in [0, 0.05) is 39.0 Å². The number of anilines is 1. The van der Waals surface area contributed by atoms with Gasteiger partial charge in [-0.3, -0.25) is 9.71 Å². The fourth-order valence-electron chi connectivity index (χ4n) is 2.80. The van der Waals surface area contributed by atoms with Gasteiger partial charge in [-0.05, 0) is 42.8 Å². The van der Waals surface area contributed by atoms with E-state index in [1.54, 1.807) is 36.5 Å². The summed E-state index contributed by atoms with van der Waals surface area (Å²) in [6.07, 6.45) is 2.53. The lowest BCUT2D eigenvalue weighted by Gasteiger charge is -2.11. The Balaban J connectivity index is 1.54. The number of hydrogen-bond acceptors (Lipinski definition) is 5. The SMILES string of the molecule is O=S(=O)(Nc1cc(Cl)ccc1SCCc1ccccn1)c1cc2ccccc2o1. The second-order valence-electron chi connectivity index (χ2n) is 6.27. The van der Waals surface area contributed by atoms with Gasteiger partial charge in [-0.1, -0.05) is 35.9 Å². The molecule has 2 aromatic carbocycles. The summed E-state index contributed by atoms with van der Waals surface area (Å²) in [6, 6.07) is 19.6. The van der Waals surface area contributed by atoms with E-state index in [4.69, 9.17) is 16.0 Å². The Morgan fingerprint density at radius 3 is 2.66 bits per heavy atom. The van der Waals surface area contributed by atoms with Crippen LogP contribution in [0.3, 0.4) is 0 Å². The number of halogens is 1. The molecular weight excluding hydrogens is 428 g/mol. The summed E-state index contributed by atoms with van der Waals surface area (Å²) in [5.41, 5.74) is 1.92. The van der Waals surface area contributed by atoms with Crippen LogP contribution in [0, 0.1) is 0 Å².